The summed E-state index contributed by atoms with van der Waals surface area (Å²) in [5.74, 6) is 0.657. The van der Waals surface area contributed by atoms with Crippen molar-refractivity contribution >= 4 is 11.0 Å². The lowest BCUT2D eigenvalue weighted by atomic mass is 9.99. The molecule has 1 fully saturated rings. The number of hydrogen-bond donors (Lipinski definition) is 0. The van der Waals surface area contributed by atoms with Gasteiger partial charge in [-0.2, -0.15) is 0 Å². The van der Waals surface area contributed by atoms with E-state index >= 15 is 0 Å². The van der Waals surface area contributed by atoms with E-state index in [0.29, 0.717) is 11.9 Å². The molecular weight excluding hydrogens is 386 g/mol. The Morgan fingerprint density at radius 1 is 1.10 bits per heavy atom. The molecule has 2 aliphatic rings. The Hall–Kier alpha value is -3.25. The van der Waals surface area contributed by atoms with E-state index in [1.807, 2.05) is 37.4 Å². The van der Waals surface area contributed by atoms with Crippen molar-refractivity contribution in [3.8, 4) is 16.9 Å². The molecule has 0 amide bonds. The molecule has 0 N–H and O–H groups in total. The summed E-state index contributed by atoms with van der Waals surface area (Å²) in [6.45, 7) is 4.16. The summed E-state index contributed by atoms with van der Waals surface area (Å²) in [7, 11) is 2.11. The van der Waals surface area contributed by atoms with Crippen LogP contribution in [0.1, 0.15) is 29.8 Å². The third kappa shape index (κ3) is 2.93. The minimum Gasteiger partial charge on any atom is -0.332 e. The third-order valence-electron chi connectivity index (χ3n) is 6.96. The van der Waals surface area contributed by atoms with Gasteiger partial charge in [0.05, 0.1) is 0 Å². The van der Waals surface area contributed by atoms with Crippen molar-refractivity contribution in [2.24, 2.45) is 7.05 Å². The number of aryl methyl sites for hydroxylation is 2. The van der Waals surface area contributed by atoms with Crippen LogP contribution in [-0.2, 0) is 20.0 Å². The molecule has 1 atom stereocenters. The van der Waals surface area contributed by atoms with Gasteiger partial charge in [-0.05, 0) is 61.7 Å². The van der Waals surface area contributed by atoms with E-state index in [1.54, 1.807) is 16.8 Å². The molecular formula is C25H25N5O. The molecule has 6 nitrogen and oxygen atoms in total. The molecule has 156 valence electrons. The van der Waals surface area contributed by atoms with Gasteiger partial charge in [-0.3, -0.25) is 19.2 Å². The molecule has 1 unspecified atom stereocenters. The van der Waals surface area contributed by atoms with Gasteiger partial charge in [-0.25, -0.2) is 4.98 Å². The first kappa shape index (κ1) is 18.5. The second kappa shape index (κ2) is 6.89. The van der Waals surface area contributed by atoms with Crippen LogP contribution in [0.15, 0.2) is 53.6 Å². The van der Waals surface area contributed by atoms with Crippen LogP contribution < -0.4 is 5.56 Å². The van der Waals surface area contributed by atoms with Crippen LogP contribution in [0.4, 0.5) is 0 Å². The van der Waals surface area contributed by atoms with Crippen LogP contribution >= 0.6 is 0 Å². The molecule has 4 aromatic rings. The van der Waals surface area contributed by atoms with Gasteiger partial charge >= 0.3 is 0 Å². The Bertz CT molecular complexity index is 1370. The predicted octanol–water partition coefficient (Wildman–Crippen LogP) is 3.62. The monoisotopic (exact) mass is 411 g/mol. The number of fused-ring (bicyclic) bond motifs is 4. The number of hydrogen-bond acceptors (Lipinski definition) is 4. The number of aromatic nitrogens is 4. The Balaban J connectivity index is 1.41. The SMILES string of the molecule is Cc1ccc(-c2ccn(-c3ccc4c5c(n(C)c4n3)CC3CCCN3C5)c(=O)c2)cn1. The van der Waals surface area contributed by atoms with E-state index in [9.17, 15) is 4.79 Å². The van der Waals surface area contributed by atoms with Crippen molar-refractivity contribution in [1.29, 1.82) is 0 Å². The van der Waals surface area contributed by atoms with Crippen LogP contribution in [0.5, 0.6) is 0 Å². The normalized spacial score (nSPS) is 18.3. The second-order valence-electron chi connectivity index (χ2n) is 8.81. The summed E-state index contributed by atoms with van der Waals surface area (Å²) in [6, 6.07) is 12.3. The molecule has 0 radical (unpaired) electrons. The van der Waals surface area contributed by atoms with Gasteiger partial charge in [0.25, 0.3) is 5.56 Å². The first-order valence-corrected chi connectivity index (χ1v) is 11.0. The lowest BCUT2D eigenvalue weighted by molar-refractivity contribution is 0.225. The summed E-state index contributed by atoms with van der Waals surface area (Å²) in [4.78, 5) is 24.8. The number of nitrogens with zero attached hydrogens (tertiary/aromatic N) is 5. The van der Waals surface area contributed by atoms with E-state index in [1.165, 1.54) is 36.0 Å². The number of rotatable bonds is 2. The zero-order chi connectivity index (χ0) is 21.1. The van der Waals surface area contributed by atoms with Crippen molar-refractivity contribution < 1.29 is 0 Å². The Morgan fingerprint density at radius 2 is 2.00 bits per heavy atom. The fraction of sp³-hybridized carbons (Fsp3) is 0.320. The fourth-order valence-corrected chi connectivity index (χ4v) is 5.23. The van der Waals surface area contributed by atoms with Crippen LogP contribution in [0.2, 0.25) is 0 Å². The highest BCUT2D eigenvalue weighted by atomic mass is 16.1. The molecule has 1 saturated heterocycles. The van der Waals surface area contributed by atoms with E-state index in [-0.39, 0.29) is 5.56 Å². The standard InChI is InChI=1S/C25H25N5O/c1-16-5-6-18(14-26-16)17-9-11-30(24(31)12-17)23-8-7-20-21-15-29-10-3-4-19(29)13-22(21)28(2)25(20)27-23/h5-9,11-12,14,19H,3-4,10,13,15H2,1-2H3. The van der Waals surface area contributed by atoms with Crippen molar-refractivity contribution in [3.63, 3.8) is 0 Å². The molecule has 6 heterocycles. The van der Waals surface area contributed by atoms with Gasteiger partial charge in [0.2, 0.25) is 0 Å². The van der Waals surface area contributed by atoms with E-state index < -0.39 is 0 Å². The molecule has 0 aromatic carbocycles. The maximum absolute atomic E-state index is 12.9. The van der Waals surface area contributed by atoms with Crippen molar-refractivity contribution in [1.82, 2.24) is 24.0 Å². The summed E-state index contributed by atoms with van der Waals surface area (Å²) in [5.41, 5.74) is 6.44. The quantitative estimate of drug-likeness (QED) is 0.506. The molecule has 0 aliphatic carbocycles. The van der Waals surface area contributed by atoms with Crippen LogP contribution in [0.25, 0.3) is 28.0 Å². The van der Waals surface area contributed by atoms with Crippen molar-refractivity contribution in [2.75, 3.05) is 6.54 Å². The summed E-state index contributed by atoms with van der Waals surface area (Å²) >= 11 is 0. The van der Waals surface area contributed by atoms with Crippen molar-refractivity contribution in [3.05, 3.63) is 76.1 Å². The first-order valence-electron chi connectivity index (χ1n) is 11.0. The summed E-state index contributed by atoms with van der Waals surface area (Å²) in [5, 5.41) is 1.21. The highest BCUT2D eigenvalue weighted by Crippen LogP contribution is 2.35. The minimum absolute atomic E-state index is 0.0930. The topological polar surface area (TPSA) is 56.0 Å². The maximum Gasteiger partial charge on any atom is 0.256 e. The predicted molar refractivity (Wildman–Crippen MR) is 121 cm³/mol. The molecule has 0 saturated carbocycles. The highest BCUT2D eigenvalue weighted by Gasteiger charge is 2.33. The van der Waals surface area contributed by atoms with E-state index in [4.69, 9.17) is 4.98 Å². The zero-order valence-corrected chi connectivity index (χ0v) is 17.9. The van der Waals surface area contributed by atoms with Gasteiger partial charge in [-0.15, -0.1) is 0 Å². The average Bonchev–Trinajstić information content (AvgIpc) is 3.35. The molecule has 31 heavy (non-hydrogen) atoms. The van der Waals surface area contributed by atoms with E-state index in [2.05, 4.69) is 27.6 Å². The Labute approximate surface area is 180 Å². The Morgan fingerprint density at radius 3 is 2.81 bits per heavy atom. The zero-order valence-electron chi connectivity index (χ0n) is 17.9. The fourth-order valence-electron chi connectivity index (χ4n) is 5.23. The molecule has 2 aliphatic heterocycles. The largest absolute Gasteiger partial charge is 0.332 e. The van der Waals surface area contributed by atoms with Crippen LogP contribution in [0, 0.1) is 6.92 Å². The van der Waals surface area contributed by atoms with Crippen LogP contribution in [0.3, 0.4) is 0 Å². The van der Waals surface area contributed by atoms with Crippen LogP contribution in [-0.4, -0.2) is 36.6 Å². The van der Waals surface area contributed by atoms with Gasteiger partial charge < -0.3 is 4.57 Å². The first-order chi connectivity index (χ1) is 15.1. The average molecular weight is 412 g/mol. The maximum atomic E-state index is 12.9. The van der Waals surface area contributed by atoms with Gasteiger partial charge in [-0.1, -0.05) is 6.07 Å². The summed E-state index contributed by atoms with van der Waals surface area (Å²) in [6.07, 6.45) is 7.30. The van der Waals surface area contributed by atoms with Gasteiger partial charge in [0, 0.05) is 66.9 Å². The molecule has 0 spiro atoms. The third-order valence-corrected chi connectivity index (χ3v) is 6.96. The Kier molecular flexibility index (Phi) is 4.11. The number of pyridine rings is 3. The smallest absolute Gasteiger partial charge is 0.256 e. The molecule has 6 heteroatoms. The molecule has 6 rings (SSSR count). The lowest BCUT2D eigenvalue weighted by Gasteiger charge is -2.30. The lowest BCUT2D eigenvalue weighted by Crippen LogP contribution is -2.35. The molecule has 0 bridgehead atoms. The highest BCUT2D eigenvalue weighted by molar-refractivity contribution is 5.83. The minimum atomic E-state index is -0.0930. The van der Waals surface area contributed by atoms with Crippen molar-refractivity contribution in [2.45, 2.75) is 38.8 Å². The summed E-state index contributed by atoms with van der Waals surface area (Å²) < 4.78 is 3.86. The van der Waals surface area contributed by atoms with Gasteiger partial charge in [0.15, 0.2) is 0 Å². The van der Waals surface area contributed by atoms with Gasteiger partial charge in [0.1, 0.15) is 11.5 Å². The van der Waals surface area contributed by atoms with E-state index in [0.717, 1.165) is 35.4 Å². The second-order valence-corrected chi connectivity index (χ2v) is 8.81. The molecule has 4 aromatic heterocycles.